The van der Waals surface area contributed by atoms with Crippen LogP contribution in [0.4, 0.5) is 5.82 Å². The van der Waals surface area contributed by atoms with Crippen molar-refractivity contribution in [3.63, 3.8) is 0 Å². The molecule has 0 amide bonds. The van der Waals surface area contributed by atoms with Crippen molar-refractivity contribution >= 4 is 11.6 Å². The lowest BCUT2D eigenvalue weighted by Crippen LogP contribution is -2.27. The maximum absolute atomic E-state index is 11.6. The molecular formula is C11H16N2O3. The zero-order valence-corrected chi connectivity index (χ0v) is 10.2. The fraction of sp³-hybridized carbons (Fsp3) is 0.455. The van der Waals surface area contributed by atoms with E-state index in [0.717, 1.165) is 0 Å². The summed E-state index contributed by atoms with van der Waals surface area (Å²) in [7, 11) is 6.63. The topological polar surface area (TPSA) is 51.5 Å². The number of hydrogen-bond donors (Lipinski definition) is 0. The number of anilines is 1. The number of ketones is 1. The van der Waals surface area contributed by atoms with Gasteiger partial charge in [0.05, 0.1) is 7.11 Å². The van der Waals surface area contributed by atoms with Gasteiger partial charge in [0.15, 0.2) is 5.78 Å². The molecule has 0 N–H and O–H groups in total. The molecule has 0 aromatic carbocycles. The second-order valence-corrected chi connectivity index (χ2v) is 3.76. The number of pyridine rings is 1. The number of rotatable bonds is 3. The van der Waals surface area contributed by atoms with Gasteiger partial charge in [-0.2, -0.15) is 0 Å². The number of aromatic nitrogens is 1. The minimum Gasteiger partial charge on any atom is -0.496 e. The van der Waals surface area contributed by atoms with Gasteiger partial charge in [0.25, 0.3) is 5.56 Å². The molecule has 0 spiro atoms. The van der Waals surface area contributed by atoms with E-state index >= 15 is 0 Å². The minimum absolute atomic E-state index is 0.129. The van der Waals surface area contributed by atoms with E-state index in [2.05, 4.69) is 0 Å². The molecule has 0 aliphatic rings. The highest BCUT2D eigenvalue weighted by atomic mass is 16.5. The van der Waals surface area contributed by atoms with Crippen LogP contribution in [0.2, 0.25) is 0 Å². The Morgan fingerprint density at radius 3 is 2.38 bits per heavy atom. The number of hydrogen-bond acceptors (Lipinski definition) is 4. The van der Waals surface area contributed by atoms with Crippen molar-refractivity contribution in [2.75, 3.05) is 26.1 Å². The maximum Gasteiger partial charge on any atom is 0.255 e. The van der Waals surface area contributed by atoms with Crippen molar-refractivity contribution in [3.8, 4) is 5.75 Å². The van der Waals surface area contributed by atoms with E-state index in [4.69, 9.17) is 4.74 Å². The van der Waals surface area contributed by atoms with Crippen LogP contribution in [0.25, 0.3) is 0 Å². The van der Waals surface area contributed by atoms with Crippen LogP contribution >= 0.6 is 0 Å². The monoisotopic (exact) mass is 224 g/mol. The molecule has 5 nitrogen and oxygen atoms in total. The molecule has 1 aromatic rings. The Kier molecular flexibility index (Phi) is 3.37. The standard InChI is InChI=1S/C11H16N2O3/c1-7(14)10-8(16-5)6-9(15)13(4)11(10)12(2)3/h6H,1-5H3. The van der Waals surface area contributed by atoms with E-state index in [0.29, 0.717) is 17.1 Å². The van der Waals surface area contributed by atoms with Gasteiger partial charge in [-0.25, -0.2) is 0 Å². The third-order valence-electron chi connectivity index (χ3n) is 2.37. The summed E-state index contributed by atoms with van der Waals surface area (Å²) in [5.41, 5.74) is 0.222. The Labute approximate surface area is 94.2 Å². The Bertz CT molecular complexity index is 475. The first-order chi connectivity index (χ1) is 7.40. The third-order valence-corrected chi connectivity index (χ3v) is 2.37. The SMILES string of the molecule is COc1cc(=O)n(C)c(N(C)C)c1C(C)=O. The fourth-order valence-electron chi connectivity index (χ4n) is 1.68. The number of nitrogens with zero attached hydrogens (tertiary/aromatic N) is 2. The Hall–Kier alpha value is -1.78. The number of carbonyl (C=O) groups excluding carboxylic acids is 1. The molecule has 0 unspecified atom stereocenters. The first kappa shape index (κ1) is 12.3. The van der Waals surface area contributed by atoms with Crippen LogP contribution in [0.15, 0.2) is 10.9 Å². The summed E-state index contributed by atoms with van der Waals surface area (Å²) in [4.78, 5) is 25.0. The van der Waals surface area contributed by atoms with Crippen molar-refractivity contribution in [1.29, 1.82) is 0 Å². The zero-order chi connectivity index (χ0) is 12.5. The predicted octanol–water partition coefficient (Wildman–Crippen LogP) is 0.662. The van der Waals surface area contributed by atoms with Crippen molar-refractivity contribution in [2.24, 2.45) is 7.05 Å². The number of methoxy groups -OCH3 is 1. The van der Waals surface area contributed by atoms with Gasteiger partial charge < -0.3 is 9.64 Å². The second kappa shape index (κ2) is 4.38. The van der Waals surface area contributed by atoms with Crippen LogP contribution in [0, 0.1) is 0 Å². The van der Waals surface area contributed by atoms with Gasteiger partial charge in [-0.3, -0.25) is 14.2 Å². The van der Waals surface area contributed by atoms with Crippen LogP contribution in [0.5, 0.6) is 5.75 Å². The molecule has 16 heavy (non-hydrogen) atoms. The molecule has 5 heteroatoms. The van der Waals surface area contributed by atoms with Gasteiger partial charge >= 0.3 is 0 Å². The van der Waals surface area contributed by atoms with E-state index in [-0.39, 0.29) is 11.3 Å². The first-order valence-electron chi connectivity index (χ1n) is 4.86. The number of ether oxygens (including phenoxy) is 1. The van der Waals surface area contributed by atoms with Gasteiger partial charge in [0, 0.05) is 27.2 Å². The minimum atomic E-state index is -0.203. The molecular weight excluding hydrogens is 208 g/mol. The lowest BCUT2D eigenvalue weighted by atomic mass is 10.1. The van der Waals surface area contributed by atoms with Crippen LogP contribution in [0.3, 0.4) is 0 Å². The number of Topliss-reactive ketones (excluding diaryl/α,β-unsaturated/α-hetero) is 1. The van der Waals surface area contributed by atoms with Crippen molar-refractivity contribution in [1.82, 2.24) is 4.57 Å². The summed E-state index contributed by atoms with van der Waals surface area (Å²) >= 11 is 0. The Morgan fingerprint density at radius 2 is 2.00 bits per heavy atom. The quantitative estimate of drug-likeness (QED) is 0.708. The summed E-state index contributed by atoms with van der Waals surface area (Å²) in [6.07, 6.45) is 0. The van der Waals surface area contributed by atoms with Crippen LogP contribution < -0.4 is 15.2 Å². The zero-order valence-electron chi connectivity index (χ0n) is 10.2. The summed E-state index contributed by atoms with van der Waals surface area (Å²) in [6.45, 7) is 1.45. The van der Waals surface area contributed by atoms with E-state index in [1.54, 1.807) is 26.0 Å². The first-order valence-corrected chi connectivity index (χ1v) is 4.86. The molecule has 1 heterocycles. The number of carbonyl (C=O) groups is 1. The molecule has 0 radical (unpaired) electrons. The van der Waals surface area contributed by atoms with Gasteiger partial charge in [0.1, 0.15) is 17.1 Å². The van der Waals surface area contributed by atoms with Crippen molar-refractivity contribution in [2.45, 2.75) is 6.92 Å². The average molecular weight is 224 g/mol. The molecule has 0 saturated heterocycles. The molecule has 0 aliphatic carbocycles. The van der Waals surface area contributed by atoms with E-state index in [1.807, 2.05) is 0 Å². The Morgan fingerprint density at radius 1 is 1.44 bits per heavy atom. The largest absolute Gasteiger partial charge is 0.496 e. The predicted molar refractivity (Wildman–Crippen MR) is 62.6 cm³/mol. The lowest BCUT2D eigenvalue weighted by molar-refractivity contribution is 0.101. The lowest BCUT2D eigenvalue weighted by Gasteiger charge is -2.21. The molecule has 88 valence electrons. The van der Waals surface area contributed by atoms with Crippen LogP contribution in [-0.2, 0) is 7.05 Å². The van der Waals surface area contributed by atoms with Crippen molar-refractivity contribution < 1.29 is 9.53 Å². The second-order valence-electron chi connectivity index (χ2n) is 3.76. The molecule has 1 rings (SSSR count). The molecule has 0 bridgehead atoms. The Balaban J connectivity index is 3.71. The third kappa shape index (κ3) is 1.93. The highest BCUT2D eigenvalue weighted by molar-refractivity contribution is 6.01. The van der Waals surface area contributed by atoms with E-state index in [1.165, 1.54) is 24.7 Å². The van der Waals surface area contributed by atoms with Crippen LogP contribution in [-0.4, -0.2) is 31.6 Å². The van der Waals surface area contributed by atoms with E-state index in [9.17, 15) is 9.59 Å². The highest BCUT2D eigenvalue weighted by Crippen LogP contribution is 2.26. The molecule has 0 fully saturated rings. The molecule has 0 saturated carbocycles. The van der Waals surface area contributed by atoms with Gasteiger partial charge in [-0.1, -0.05) is 0 Å². The normalized spacial score (nSPS) is 10.1. The summed E-state index contributed by atoms with van der Waals surface area (Å²) in [5, 5.41) is 0. The van der Waals surface area contributed by atoms with Crippen LogP contribution in [0.1, 0.15) is 17.3 Å². The fourth-order valence-corrected chi connectivity index (χ4v) is 1.68. The van der Waals surface area contributed by atoms with Gasteiger partial charge in [-0.15, -0.1) is 0 Å². The highest BCUT2D eigenvalue weighted by Gasteiger charge is 2.19. The van der Waals surface area contributed by atoms with Crippen molar-refractivity contribution in [3.05, 3.63) is 22.0 Å². The molecule has 1 aromatic heterocycles. The molecule has 0 aliphatic heterocycles. The van der Waals surface area contributed by atoms with Gasteiger partial charge in [0.2, 0.25) is 0 Å². The van der Waals surface area contributed by atoms with Gasteiger partial charge in [-0.05, 0) is 6.92 Å². The molecule has 0 atom stereocenters. The smallest absolute Gasteiger partial charge is 0.255 e. The summed E-state index contributed by atoms with van der Waals surface area (Å²) < 4.78 is 6.50. The van der Waals surface area contributed by atoms with E-state index < -0.39 is 0 Å². The summed E-state index contributed by atoms with van der Waals surface area (Å²) in [6, 6.07) is 1.32. The average Bonchev–Trinajstić information content (AvgIpc) is 2.19. The maximum atomic E-state index is 11.6. The summed E-state index contributed by atoms with van der Waals surface area (Å²) in [5.74, 6) is 0.743.